The number of nitrogens with one attached hydrogen (secondary N) is 1. The van der Waals surface area contributed by atoms with Gasteiger partial charge >= 0.3 is 0 Å². The molecule has 2 saturated heterocycles. The Kier molecular flexibility index (Phi) is 4.35. The van der Waals surface area contributed by atoms with E-state index in [1.807, 2.05) is 35.7 Å². The maximum absolute atomic E-state index is 12.5. The standard InChI is InChI=1S/C18H21N3O2S/c1-12-8-21-9-14(7-15(21)10-23-12)19-17(22)16-11-24-18(20-16)13-5-3-2-4-6-13/h2-6,11-12,14-15H,7-10H2,1H3,(H,19,22)/t12-,14+,15-/m0/s1. The zero-order chi connectivity index (χ0) is 16.5. The Morgan fingerprint density at radius 2 is 2.17 bits per heavy atom. The number of carbonyl (C=O) groups is 1. The molecule has 2 fully saturated rings. The lowest BCUT2D eigenvalue weighted by Gasteiger charge is -2.33. The zero-order valence-corrected chi connectivity index (χ0v) is 14.5. The maximum Gasteiger partial charge on any atom is 0.271 e. The summed E-state index contributed by atoms with van der Waals surface area (Å²) < 4.78 is 5.72. The third-order valence-electron chi connectivity index (χ3n) is 4.69. The van der Waals surface area contributed by atoms with Crippen molar-refractivity contribution in [2.24, 2.45) is 0 Å². The molecule has 0 spiro atoms. The summed E-state index contributed by atoms with van der Waals surface area (Å²) in [5.74, 6) is -0.0766. The van der Waals surface area contributed by atoms with E-state index in [4.69, 9.17) is 4.74 Å². The van der Waals surface area contributed by atoms with Crippen molar-refractivity contribution in [1.29, 1.82) is 0 Å². The lowest BCUT2D eigenvalue weighted by molar-refractivity contribution is -0.0390. The van der Waals surface area contributed by atoms with Gasteiger partial charge in [0.15, 0.2) is 0 Å². The van der Waals surface area contributed by atoms with Crippen LogP contribution in [0.4, 0.5) is 0 Å². The molecule has 1 aromatic carbocycles. The highest BCUT2D eigenvalue weighted by molar-refractivity contribution is 7.13. The first kappa shape index (κ1) is 15.7. The Balaban J connectivity index is 1.40. The van der Waals surface area contributed by atoms with Crippen LogP contribution in [0.15, 0.2) is 35.7 Å². The van der Waals surface area contributed by atoms with Crippen LogP contribution in [0.25, 0.3) is 10.6 Å². The minimum atomic E-state index is -0.0766. The van der Waals surface area contributed by atoms with Gasteiger partial charge in [0.25, 0.3) is 5.91 Å². The highest BCUT2D eigenvalue weighted by atomic mass is 32.1. The number of aromatic nitrogens is 1. The second kappa shape index (κ2) is 6.63. The van der Waals surface area contributed by atoms with Crippen LogP contribution >= 0.6 is 11.3 Å². The summed E-state index contributed by atoms with van der Waals surface area (Å²) in [6.07, 6.45) is 1.23. The Hall–Kier alpha value is -1.76. The summed E-state index contributed by atoms with van der Waals surface area (Å²) in [4.78, 5) is 19.4. The fraction of sp³-hybridized carbons (Fsp3) is 0.444. The first-order valence-corrected chi connectivity index (χ1v) is 9.24. The number of rotatable bonds is 3. The van der Waals surface area contributed by atoms with Crippen molar-refractivity contribution in [3.8, 4) is 10.6 Å². The first-order chi connectivity index (χ1) is 11.7. The second-order valence-electron chi connectivity index (χ2n) is 6.56. The minimum Gasteiger partial charge on any atom is -0.376 e. The molecule has 1 amide bonds. The van der Waals surface area contributed by atoms with Crippen LogP contribution in [0, 0.1) is 0 Å². The summed E-state index contributed by atoms with van der Waals surface area (Å²) in [5, 5.41) is 5.86. The lowest BCUT2D eigenvalue weighted by Crippen LogP contribution is -2.45. The summed E-state index contributed by atoms with van der Waals surface area (Å²) in [6.45, 7) is 4.72. The summed E-state index contributed by atoms with van der Waals surface area (Å²) in [5.41, 5.74) is 1.55. The number of benzene rings is 1. The van der Waals surface area contributed by atoms with Crippen LogP contribution in [0.1, 0.15) is 23.8 Å². The van der Waals surface area contributed by atoms with Crippen LogP contribution in [0.2, 0.25) is 0 Å². The van der Waals surface area contributed by atoms with Crippen molar-refractivity contribution < 1.29 is 9.53 Å². The Labute approximate surface area is 145 Å². The fourth-order valence-electron chi connectivity index (χ4n) is 3.49. The van der Waals surface area contributed by atoms with Crippen LogP contribution in [-0.4, -0.2) is 53.7 Å². The molecular weight excluding hydrogens is 322 g/mol. The summed E-state index contributed by atoms with van der Waals surface area (Å²) in [6, 6.07) is 10.6. The van der Waals surface area contributed by atoms with Gasteiger partial charge in [0.1, 0.15) is 10.7 Å². The molecule has 3 heterocycles. The smallest absolute Gasteiger partial charge is 0.271 e. The van der Waals surface area contributed by atoms with Gasteiger partial charge in [-0.1, -0.05) is 30.3 Å². The SMILES string of the molecule is C[C@H]1CN2C[C@H](NC(=O)c3csc(-c4ccccc4)n3)C[C@H]2CO1. The molecule has 0 bridgehead atoms. The van der Waals surface area contributed by atoms with Crippen molar-refractivity contribution in [3.63, 3.8) is 0 Å². The van der Waals surface area contributed by atoms with E-state index in [1.165, 1.54) is 11.3 Å². The normalized spacial score (nSPS) is 27.0. The molecule has 1 N–H and O–H groups in total. The van der Waals surface area contributed by atoms with Crippen molar-refractivity contribution in [3.05, 3.63) is 41.4 Å². The molecule has 5 nitrogen and oxygen atoms in total. The van der Waals surface area contributed by atoms with E-state index in [0.717, 1.165) is 36.7 Å². The molecule has 2 aliphatic heterocycles. The maximum atomic E-state index is 12.5. The van der Waals surface area contributed by atoms with Crippen molar-refractivity contribution in [1.82, 2.24) is 15.2 Å². The van der Waals surface area contributed by atoms with Crippen molar-refractivity contribution >= 4 is 17.2 Å². The molecule has 3 atom stereocenters. The molecule has 126 valence electrons. The van der Waals surface area contributed by atoms with Gasteiger partial charge in [0.2, 0.25) is 0 Å². The lowest BCUT2D eigenvalue weighted by atomic mass is 10.1. The predicted molar refractivity (Wildman–Crippen MR) is 94.2 cm³/mol. The van der Waals surface area contributed by atoms with Gasteiger partial charge in [-0.2, -0.15) is 0 Å². The molecule has 2 aromatic rings. The molecule has 2 aliphatic rings. The number of fused-ring (bicyclic) bond motifs is 1. The van der Waals surface area contributed by atoms with Crippen LogP contribution in [-0.2, 0) is 4.74 Å². The second-order valence-corrected chi connectivity index (χ2v) is 7.42. The van der Waals surface area contributed by atoms with Gasteiger partial charge in [0, 0.05) is 36.1 Å². The third kappa shape index (κ3) is 3.22. The minimum absolute atomic E-state index is 0.0766. The van der Waals surface area contributed by atoms with E-state index in [0.29, 0.717) is 11.7 Å². The highest BCUT2D eigenvalue weighted by Crippen LogP contribution is 2.25. The predicted octanol–water partition coefficient (Wildman–Crippen LogP) is 2.40. The Morgan fingerprint density at radius 3 is 3.00 bits per heavy atom. The van der Waals surface area contributed by atoms with E-state index in [1.54, 1.807) is 0 Å². The zero-order valence-electron chi connectivity index (χ0n) is 13.6. The van der Waals surface area contributed by atoms with Gasteiger partial charge in [-0.25, -0.2) is 4.98 Å². The number of nitrogens with zero attached hydrogens (tertiary/aromatic N) is 2. The van der Waals surface area contributed by atoms with Gasteiger partial charge < -0.3 is 10.1 Å². The molecule has 0 unspecified atom stereocenters. The highest BCUT2D eigenvalue weighted by Gasteiger charge is 2.36. The number of carbonyl (C=O) groups excluding carboxylic acids is 1. The van der Waals surface area contributed by atoms with E-state index in [-0.39, 0.29) is 18.1 Å². The van der Waals surface area contributed by atoms with Crippen molar-refractivity contribution in [2.45, 2.75) is 31.5 Å². The summed E-state index contributed by atoms with van der Waals surface area (Å²) >= 11 is 1.51. The number of amides is 1. The molecule has 1 aromatic heterocycles. The number of ether oxygens (including phenoxy) is 1. The van der Waals surface area contributed by atoms with E-state index in [9.17, 15) is 4.79 Å². The van der Waals surface area contributed by atoms with E-state index in [2.05, 4.69) is 22.1 Å². The van der Waals surface area contributed by atoms with Crippen LogP contribution in [0.3, 0.4) is 0 Å². The molecule has 0 aliphatic carbocycles. The fourth-order valence-corrected chi connectivity index (χ4v) is 4.30. The molecule has 0 saturated carbocycles. The number of thiazole rings is 1. The monoisotopic (exact) mass is 343 g/mol. The number of hydrogen-bond donors (Lipinski definition) is 1. The number of morpholine rings is 1. The molecular formula is C18H21N3O2S. The topological polar surface area (TPSA) is 54.5 Å². The molecule has 0 radical (unpaired) electrons. The quantitative estimate of drug-likeness (QED) is 0.930. The summed E-state index contributed by atoms with van der Waals surface area (Å²) in [7, 11) is 0. The Bertz CT molecular complexity index is 718. The van der Waals surface area contributed by atoms with Crippen LogP contribution < -0.4 is 5.32 Å². The van der Waals surface area contributed by atoms with Gasteiger partial charge in [-0.3, -0.25) is 9.69 Å². The Morgan fingerprint density at radius 1 is 1.33 bits per heavy atom. The average Bonchev–Trinajstić information content (AvgIpc) is 3.22. The molecule has 24 heavy (non-hydrogen) atoms. The first-order valence-electron chi connectivity index (χ1n) is 8.36. The van der Waals surface area contributed by atoms with Crippen LogP contribution in [0.5, 0.6) is 0 Å². The van der Waals surface area contributed by atoms with Gasteiger partial charge in [-0.05, 0) is 13.3 Å². The molecule has 4 rings (SSSR count). The largest absolute Gasteiger partial charge is 0.376 e. The molecule has 6 heteroatoms. The van der Waals surface area contributed by atoms with E-state index >= 15 is 0 Å². The van der Waals surface area contributed by atoms with Crippen molar-refractivity contribution in [2.75, 3.05) is 19.7 Å². The third-order valence-corrected chi connectivity index (χ3v) is 5.58. The van der Waals surface area contributed by atoms with Gasteiger partial charge in [0.05, 0.1) is 12.7 Å². The number of hydrogen-bond acceptors (Lipinski definition) is 5. The average molecular weight is 343 g/mol. The van der Waals surface area contributed by atoms with E-state index < -0.39 is 0 Å². The van der Waals surface area contributed by atoms with Gasteiger partial charge in [-0.15, -0.1) is 11.3 Å².